The number of nitro benzene ring substituents is 1. The van der Waals surface area contributed by atoms with Crippen LogP contribution < -0.4 is 4.74 Å². The molecule has 14 heavy (non-hydrogen) atoms. The first-order valence-corrected chi connectivity index (χ1v) is 4.59. The molecule has 0 saturated carbocycles. The highest BCUT2D eigenvalue weighted by Crippen LogP contribution is 2.28. The molecule has 0 aromatic heterocycles. The molecule has 76 valence electrons. The second-order valence-corrected chi connectivity index (χ2v) is 3.13. The lowest BCUT2D eigenvalue weighted by atomic mass is 10.3. The maximum Gasteiger partial charge on any atom is 0.291 e. The van der Waals surface area contributed by atoms with Crippen molar-refractivity contribution < 1.29 is 9.66 Å². The first-order valence-electron chi connectivity index (χ1n) is 4.22. The van der Waals surface area contributed by atoms with Gasteiger partial charge in [0.2, 0.25) is 0 Å². The van der Waals surface area contributed by atoms with E-state index in [4.69, 9.17) is 16.3 Å². The molecule has 0 saturated heterocycles. The molecule has 4 nitrogen and oxygen atoms in total. The predicted molar refractivity (Wildman–Crippen MR) is 53.9 cm³/mol. The van der Waals surface area contributed by atoms with Crippen LogP contribution in [0.1, 0.15) is 13.3 Å². The van der Waals surface area contributed by atoms with Crippen LogP contribution in [-0.4, -0.2) is 11.5 Å². The monoisotopic (exact) mass is 215 g/mol. The van der Waals surface area contributed by atoms with Crippen LogP contribution in [-0.2, 0) is 0 Å². The lowest BCUT2D eigenvalue weighted by molar-refractivity contribution is -0.384. The van der Waals surface area contributed by atoms with Crippen LogP contribution in [0, 0.1) is 10.1 Å². The molecule has 0 N–H and O–H groups in total. The van der Waals surface area contributed by atoms with E-state index < -0.39 is 4.92 Å². The van der Waals surface area contributed by atoms with Crippen LogP contribution in [0.15, 0.2) is 18.2 Å². The van der Waals surface area contributed by atoms with E-state index in [-0.39, 0.29) is 10.7 Å². The van der Waals surface area contributed by atoms with Crippen molar-refractivity contribution >= 4 is 17.3 Å². The Hall–Kier alpha value is -1.29. The molecule has 0 bridgehead atoms. The van der Waals surface area contributed by atoms with Crippen molar-refractivity contribution in [1.82, 2.24) is 0 Å². The third-order valence-corrected chi connectivity index (χ3v) is 1.91. The van der Waals surface area contributed by atoms with Gasteiger partial charge in [-0.2, -0.15) is 0 Å². The standard InChI is InChI=1S/C9H10ClNO3/c1-2-5-14-7-3-4-8(10)9(6-7)11(12)13/h3-4,6H,2,5H2,1H3. The average Bonchev–Trinajstić information content (AvgIpc) is 2.16. The van der Waals surface area contributed by atoms with Crippen molar-refractivity contribution in [3.05, 3.63) is 33.3 Å². The number of halogens is 1. The summed E-state index contributed by atoms with van der Waals surface area (Å²) < 4.78 is 5.24. The van der Waals surface area contributed by atoms with Gasteiger partial charge in [0, 0.05) is 0 Å². The third-order valence-electron chi connectivity index (χ3n) is 1.59. The van der Waals surface area contributed by atoms with Crippen molar-refractivity contribution in [1.29, 1.82) is 0 Å². The minimum absolute atomic E-state index is 0.124. The summed E-state index contributed by atoms with van der Waals surface area (Å²) in [6.07, 6.45) is 0.858. The van der Waals surface area contributed by atoms with E-state index >= 15 is 0 Å². The van der Waals surface area contributed by atoms with Gasteiger partial charge in [0.05, 0.1) is 17.6 Å². The molecule has 1 rings (SSSR count). The Kier molecular flexibility index (Phi) is 3.71. The van der Waals surface area contributed by atoms with Gasteiger partial charge in [-0.05, 0) is 18.6 Å². The first kappa shape index (κ1) is 10.8. The number of nitro groups is 1. The minimum atomic E-state index is -0.527. The summed E-state index contributed by atoms with van der Waals surface area (Å²) in [7, 11) is 0. The van der Waals surface area contributed by atoms with E-state index in [0.29, 0.717) is 12.4 Å². The predicted octanol–water partition coefficient (Wildman–Crippen LogP) is 3.04. The molecular weight excluding hydrogens is 206 g/mol. The quantitative estimate of drug-likeness (QED) is 0.573. The largest absolute Gasteiger partial charge is 0.493 e. The van der Waals surface area contributed by atoms with Crippen LogP contribution in [0.3, 0.4) is 0 Å². The fraction of sp³-hybridized carbons (Fsp3) is 0.333. The fourth-order valence-corrected chi connectivity index (χ4v) is 1.13. The molecule has 5 heteroatoms. The summed E-state index contributed by atoms with van der Waals surface area (Å²) in [5.74, 6) is 0.475. The van der Waals surface area contributed by atoms with Crippen LogP contribution in [0.5, 0.6) is 5.75 Å². The Morgan fingerprint density at radius 3 is 2.86 bits per heavy atom. The molecule has 0 radical (unpaired) electrons. The van der Waals surface area contributed by atoms with E-state index in [9.17, 15) is 10.1 Å². The first-order chi connectivity index (χ1) is 6.65. The third kappa shape index (κ3) is 2.60. The summed E-state index contributed by atoms with van der Waals surface area (Å²) in [5, 5.41) is 10.6. The number of benzene rings is 1. The molecule has 0 amide bonds. The van der Waals surface area contributed by atoms with E-state index in [1.165, 1.54) is 12.1 Å². The Labute approximate surface area is 86.6 Å². The van der Waals surface area contributed by atoms with Gasteiger partial charge in [0.25, 0.3) is 5.69 Å². The van der Waals surface area contributed by atoms with Gasteiger partial charge in [-0.1, -0.05) is 18.5 Å². The average molecular weight is 216 g/mol. The SMILES string of the molecule is CCCOc1ccc(Cl)c([N+](=O)[O-])c1. The highest BCUT2D eigenvalue weighted by Gasteiger charge is 2.12. The topological polar surface area (TPSA) is 52.4 Å². The van der Waals surface area contributed by atoms with Gasteiger partial charge < -0.3 is 4.74 Å². The second kappa shape index (κ2) is 4.81. The lowest BCUT2D eigenvalue weighted by Gasteiger charge is -2.04. The lowest BCUT2D eigenvalue weighted by Crippen LogP contribution is -1.96. The van der Waals surface area contributed by atoms with Gasteiger partial charge in [0.1, 0.15) is 10.8 Å². The maximum absolute atomic E-state index is 10.5. The zero-order chi connectivity index (χ0) is 10.6. The summed E-state index contributed by atoms with van der Waals surface area (Å²) in [6.45, 7) is 2.50. The van der Waals surface area contributed by atoms with Crippen LogP contribution in [0.25, 0.3) is 0 Å². The maximum atomic E-state index is 10.5. The number of hydrogen-bond donors (Lipinski definition) is 0. The highest BCUT2D eigenvalue weighted by molar-refractivity contribution is 6.32. The zero-order valence-corrected chi connectivity index (χ0v) is 8.45. The number of nitrogens with zero attached hydrogens (tertiary/aromatic N) is 1. The molecule has 0 spiro atoms. The summed E-state index contributed by atoms with van der Waals surface area (Å²) in [4.78, 5) is 9.99. The molecule has 0 aliphatic rings. The number of hydrogen-bond acceptors (Lipinski definition) is 3. The van der Waals surface area contributed by atoms with E-state index in [1.807, 2.05) is 6.92 Å². The van der Waals surface area contributed by atoms with Crippen molar-refractivity contribution in [3.63, 3.8) is 0 Å². The molecular formula is C9H10ClNO3. The number of rotatable bonds is 4. The Balaban J connectivity index is 2.89. The van der Waals surface area contributed by atoms with Crippen molar-refractivity contribution in [3.8, 4) is 5.75 Å². The molecule has 0 aliphatic carbocycles. The molecule has 1 aromatic carbocycles. The summed E-state index contributed by atoms with van der Waals surface area (Å²) >= 11 is 5.63. The molecule has 1 aromatic rings. The van der Waals surface area contributed by atoms with Gasteiger partial charge in [-0.15, -0.1) is 0 Å². The Morgan fingerprint density at radius 1 is 1.57 bits per heavy atom. The van der Waals surface area contributed by atoms with Crippen molar-refractivity contribution in [2.45, 2.75) is 13.3 Å². The normalized spacial score (nSPS) is 9.86. The summed E-state index contributed by atoms with van der Waals surface area (Å²) in [5.41, 5.74) is -0.125. The van der Waals surface area contributed by atoms with Crippen LogP contribution in [0.4, 0.5) is 5.69 Å². The summed E-state index contributed by atoms with van der Waals surface area (Å²) in [6, 6.07) is 4.41. The Morgan fingerprint density at radius 2 is 2.29 bits per heavy atom. The smallest absolute Gasteiger partial charge is 0.291 e. The van der Waals surface area contributed by atoms with E-state index in [2.05, 4.69) is 0 Å². The molecule has 0 aliphatic heterocycles. The highest BCUT2D eigenvalue weighted by atomic mass is 35.5. The minimum Gasteiger partial charge on any atom is -0.493 e. The molecule has 0 atom stereocenters. The van der Waals surface area contributed by atoms with Gasteiger partial charge in [-0.25, -0.2) is 0 Å². The van der Waals surface area contributed by atoms with Crippen LogP contribution in [0.2, 0.25) is 5.02 Å². The number of ether oxygens (including phenoxy) is 1. The van der Waals surface area contributed by atoms with Crippen LogP contribution >= 0.6 is 11.6 Å². The molecule has 0 fully saturated rings. The van der Waals surface area contributed by atoms with Crippen molar-refractivity contribution in [2.75, 3.05) is 6.61 Å². The zero-order valence-electron chi connectivity index (χ0n) is 7.70. The fourth-order valence-electron chi connectivity index (χ4n) is 0.942. The van der Waals surface area contributed by atoms with Crippen molar-refractivity contribution in [2.24, 2.45) is 0 Å². The Bertz CT molecular complexity index is 341. The van der Waals surface area contributed by atoms with Gasteiger partial charge in [-0.3, -0.25) is 10.1 Å². The molecule has 0 heterocycles. The molecule has 0 unspecified atom stereocenters. The van der Waals surface area contributed by atoms with Gasteiger partial charge >= 0.3 is 0 Å². The second-order valence-electron chi connectivity index (χ2n) is 2.72. The van der Waals surface area contributed by atoms with E-state index in [0.717, 1.165) is 6.42 Å². The van der Waals surface area contributed by atoms with Gasteiger partial charge in [0.15, 0.2) is 0 Å². The van der Waals surface area contributed by atoms with E-state index in [1.54, 1.807) is 6.07 Å².